The van der Waals surface area contributed by atoms with Crippen molar-refractivity contribution in [1.82, 2.24) is 4.90 Å². The number of carbonyl (C=O) groups excluding carboxylic acids is 1. The van der Waals surface area contributed by atoms with Gasteiger partial charge in [-0.05, 0) is 61.1 Å². The molecule has 0 saturated heterocycles. The molecule has 2 aliphatic rings. The zero-order valence-electron chi connectivity index (χ0n) is 16.5. The monoisotopic (exact) mass is 376 g/mol. The average molecular weight is 377 g/mol. The van der Waals surface area contributed by atoms with Crippen molar-refractivity contribution in [3.8, 4) is 5.75 Å². The first kappa shape index (κ1) is 18.8. The maximum atomic E-state index is 12.4. The first-order valence-electron chi connectivity index (χ1n) is 10.2. The Balaban J connectivity index is 1.40. The third-order valence-electron chi connectivity index (χ3n) is 5.95. The minimum absolute atomic E-state index is 0.129. The van der Waals surface area contributed by atoms with Gasteiger partial charge in [0.05, 0.1) is 7.11 Å². The van der Waals surface area contributed by atoms with Crippen LogP contribution in [0.5, 0.6) is 5.75 Å². The summed E-state index contributed by atoms with van der Waals surface area (Å²) in [6, 6.07) is 14.8. The predicted molar refractivity (Wildman–Crippen MR) is 114 cm³/mol. The lowest BCUT2D eigenvalue weighted by molar-refractivity contribution is -0.111. The van der Waals surface area contributed by atoms with Gasteiger partial charge in [0, 0.05) is 36.5 Å². The number of amides is 1. The van der Waals surface area contributed by atoms with Crippen molar-refractivity contribution in [3.63, 3.8) is 0 Å². The number of ether oxygens (including phenoxy) is 1. The average Bonchev–Trinajstić information content (AvgIpc) is 2.88. The van der Waals surface area contributed by atoms with Gasteiger partial charge in [-0.2, -0.15) is 0 Å². The molecule has 0 aromatic heterocycles. The Morgan fingerprint density at radius 2 is 1.89 bits per heavy atom. The fraction of sp³-hybridized carbons (Fsp3) is 0.375. The topological polar surface area (TPSA) is 41.6 Å². The van der Waals surface area contributed by atoms with Gasteiger partial charge in [-0.15, -0.1) is 0 Å². The molecule has 4 rings (SSSR count). The minimum Gasteiger partial charge on any atom is -0.496 e. The molecule has 146 valence electrons. The lowest BCUT2D eigenvalue weighted by atomic mass is 9.91. The van der Waals surface area contributed by atoms with Gasteiger partial charge in [0.15, 0.2) is 0 Å². The van der Waals surface area contributed by atoms with E-state index in [-0.39, 0.29) is 5.91 Å². The lowest BCUT2D eigenvalue weighted by Gasteiger charge is -2.36. The number of hydrogen-bond acceptors (Lipinski definition) is 3. The van der Waals surface area contributed by atoms with E-state index in [9.17, 15) is 4.79 Å². The van der Waals surface area contributed by atoms with Gasteiger partial charge in [-0.1, -0.05) is 30.7 Å². The molecule has 0 bridgehead atoms. The lowest BCUT2D eigenvalue weighted by Crippen LogP contribution is -2.41. The first-order valence-corrected chi connectivity index (χ1v) is 10.2. The molecule has 0 unspecified atom stereocenters. The second kappa shape index (κ2) is 8.61. The van der Waals surface area contributed by atoms with Crippen LogP contribution in [0.15, 0.2) is 48.5 Å². The van der Waals surface area contributed by atoms with E-state index in [0.717, 1.165) is 49.0 Å². The summed E-state index contributed by atoms with van der Waals surface area (Å²) < 4.78 is 5.32. The van der Waals surface area contributed by atoms with E-state index in [4.69, 9.17) is 4.74 Å². The quantitative estimate of drug-likeness (QED) is 0.791. The molecule has 4 heteroatoms. The highest BCUT2D eigenvalue weighted by Gasteiger charge is 2.26. The second-order valence-corrected chi connectivity index (χ2v) is 7.67. The number of carbonyl (C=O) groups is 1. The molecule has 1 fully saturated rings. The number of methoxy groups -OCH3 is 1. The van der Waals surface area contributed by atoms with Gasteiger partial charge in [-0.3, -0.25) is 9.69 Å². The Hall–Kier alpha value is -2.59. The van der Waals surface area contributed by atoms with Gasteiger partial charge in [0.2, 0.25) is 5.91 Å². The zero-order valence-corrected chi connectivity index (χ0v) is 16.5. The molecule has 28 heavy (non-hydrogen) atoms. The van der Waals surface area contributed by atoms with Crippen molar-refractivity contribution in [3.05, 3.63) is 65.2 Å². The van der Waals surface area contributed by atoms with E-state index in [1.165, 1.54) is 30.4 Å². The third kappa shape index (κ3) is 4.28. The largest absolute Gasteiger partial charge is 0.496 e. The summed E-state index contributed by atoms with van der Waals surface area (Å²) >= 11 is 0. The van der Waals surface area contributed by atoms with E-state index in [0.29, 0.717) is 0 Å². The molecule has 4 nitrogen and oxygen atoms in total. The molecule has 1 N–H and O–H groups in total. The summed E-state index contributed by atoms with van der Waals surface area (Å²) in [5.41, 5.74) is 4.54. The summed E-state index contributed by atoms with van der Waals surface area (Å²) in [6.07, 6.45) is 9.61. The van der Waals surface area contributed by atoms with E-state index in [1.807, 2.05) is 30.3 Å². The molecular weight excluding hydrogens is 348 g/mol. The fourth-order valence-corrected chi connectivity index (χ4v) is 4.09. The number of hydrogen-bond donors (Lipinski definition) is 1. The molecule has 0 radical (unpaired) electrons. The van der Waals surface area contributed by atoms with Crippen LogP contribution in [0, 0.1) is 0 Å². The minimum atomic E-state index is -0.129. The Bertz CT molecular complexity index is 871. The molecule has 1 aliphatic heterocycles. The zero-order chi connectivity index (χ0) is 19.3. The summed E-state index contributed by atoms with van der Waals surface area (Å²) in [5.74, 6) is 0.628. The molecular formula is C24H28N2O2. The van der Waals surface area contributed by atoms with Crippen LogP contribution in [-0.4, -0.2) is 37.0 Å². The normalized spacial score (nSPS) is 17.6. The van der Waals surface area contributed by atoms with E-state index in [2.05, 4.69) is 22.3 Å². The number of anilines is 1. The van der Waals surface area contributed by atoms with Gasteiger partial charge in [-0.25, -0.2) is 0 Å². The third-order valence-corrected chi connectivity index (χ3v) is 5.95. The van der Waals surface area contributed by atoms with E-state index < -0.39 is 0 Å². The maximum absolute atomic E-state index is 12.4. The van der Waals surface area contributed by atoms with Crippen molar-refractivity contribution < 1.29 is 9.53 Å². The number of para-hydroxylation sites is 1. The number of nitrogens with one attached hydrogen (secondary N) is 1. The number of nitrogens with zero attached hydrogens (tertiary/aromatic N) is 1. The highest BCUT2D eigenvalue weighted by Crippen LogP contribution is 2.28. The van der Waals surface area contributed by atoms with Crippen LogP contribution in [0.3, 0.4) is 0 Å². The molecule has 1 amide bonds. The molecule has 2 aromatic rings. The predicted octanol–water partition coefficient (Wildman–Crippen LogP) is 4.30. The van der Waals surface area contributed by atoms with Crippen LogP contribution >= 0.6 is 0 Å². The number of fused-ring (bicyclic) bond motifs is 1. The van der Waals surface area contributed by atoms with Crippen LogP contribution in [-0.2, 0) is 17.6 Å². The van der Waals surface area contributed by atoms with Crippen LogP contribution in [0.25, 0.3) is 6.08 Å². The smallest absolute Gasteiger partial charge is 0.248 e. The van der Waals surface area contributed by atoms with Crippen molar-refractivity contribution in [2.45, 2.75) is 38.1 Å². The molecule has 2 aromatic carbocycles. The summed E-state index contributed by atoms with van der Waals surface area (Å²) in [7, 11) is 1.63. The first-order chi connectivity index (χ1) is 13.7. The Kier molecular flexibility index (Phi) is 5.77. The van der Waals surface area contributed by atoms with Crippen molar-refractivity contribution in [2.75, 3.05) is 25.5 Å². The Morgan fingerprint density at radius 3 is 2.64 bits per heavy atom. The van der Waals surface area contributed by atoms with E-state index in [1.54, 1.807) is 19.3 Å². The van der Waals surface area contributed by atoms with Gasteiger partial charge < -0.3 is 10.1 Å². The summed E-state index contributed by atoms with van der Waals surface area (Å²) in [6.45, 7) is 2.29. The van der Waals surface area contributed by atoms with Gasteiger partial charge in [0.25, 0.3) is 0 Å². The molecule has 1 heterocycles. The molecule has 0 atom stereocenters. The summed E-state index contributed by atoms with van der Waals surface area (Å²) in [5, 5.41) is 3.00. The highest BCUT2D eigenvalue weighted by atomic mass is 16.5. The number of rotatable bonds is 5. The van der Waals surface area contributed by atoms with Gasteiger partial charge in [0.1, 0.15) is 5.75 Å². The molecule has 0 spiro atoms. The molecule has 1 saturated carbocycles. The molecule has 1 aliphatic carbocycles. The SMILES string of the molecule is COc1ccccc1/C=C/C(=O)Nc1ccc2c(c1)CCN(C1CCC1)CC2. The maximum Gasteiger partial charge on any atom is 0.248 e. The summed E-state index contributed by atoms with van der Waals surface area (Å²) in [4.78, 5) is 15.0. The van der Waals surface area contributed by atoms with Gasteiger partial charge >= 0.3 is 0 Å². The van der Waals surface area contributed by atoms with Crippen LogP contribution < -0.4 is 10.1 Å². The Morgan fingerprint density at radius 1 is 1.11 bits per heavy atom. The van der Waals surface area contributed by atoms with Crippen LogP contribution in [0.1, 0.15) is 36.0 Å². The van der Waals surface area contributed by atoms with Crippen molar-refractivity contribution >= 4 is 17.7 Å². The van der Waals surface area contributed by atoms with Crippen molar-refractivity contribution in [1.29, 1.82) is 0 Å². The standard InChI is InChI=1S/C24H28N2O2/c1-28-23-8-3-2-5-19(23)10-12-24(27)25-21-11-9-18-13-15-26(22-6-4-7-22)16-14-20(18)17-21/h2-3,5,8-12,17,22H,4,6-7,13-16H2,1H3,(H,25,27)/b12-10+. The van der Waals surface area contributed by atoms with Crippen molar-refractivity contribution in [2.24, 2.45) is 0 Å². The second-order valence-electron chi connectivity index (χ2n) is 7.67. The highest BCUT2D eigenvalue weighted by molar-refractivity contribution is 6.02. The Labute approximate surface area is 167 Å². The van der Waals surface area contributed by atoms with Crippen LogP contribution in [0.4, 0.5) is 5.69 Å². The number of benzene rings is 2. The van der Waals surface area contributed by atoms with E-state index >= 15 is 0 Å². The van der Waals surface area contributed by atoms with Crippen LogP contribution in [0.2, 0.25) is 0 Å². The fourth-order valence-electron chi connectivity index (χ4n) is 4.09.